The van der Waals surface area contributed by atoms with Crippen molar-refractivity contribution in [2.24, 2.45) is 5.84 Å². The van der Waals surface area contributed by atoms with Gasteiger partial charge in [-0.25, -0.2) is 0 Å². The van der Waals surface area contributed by atoms with Crippen molar-refractivity contribution in [1.29, 1.82) is 0 Å². The molecule has 0 fully saturated rings. The van der Waals surface area contributed by atoms with Crippen molar-refractivity contribution in [3.63, 3.8) is 0 Å². The van der Waals surface area contributed by atoms with E-state index in [1.807, 2.05) is 6.07 Å². The zero-order valence-corrected chi connectivity index (χ0v) is 10.4. The smallest absolute Gasteiger partial charge is 0.0460 e. The van der Waals surface area contributed by atoms with Crippen molar-refractivity contribution in [3.8, 4) is 12.3 Å². The minimum Gasteiger partial charge on any atom is -0.271 e. The Morgan fingerprint density at radius 1 is 1.17 bits per heavy atom. The predicted molar refractivity (Wildman–Crippen MR) is 76.7 cm³/mol. The molecule has 92 valence electrons. The first-order valence-electron chi connectivity index (χ1n) is 6.23. The largest absolute Gasteiger partial charge is 0.271 e. The number of terminal acetylenes is 1. The van der Waals surface area contributed by atoms with Gasteiger partial charge in [-0.1, -0.05) is 36.4 Å². The van der Waals surface area contributed by atoms with E-state index in [-0.39, 0.29) is 6.04 Å². The molecule has 0 heterocycles. The maximum absolute atomic E-state index is 5.63. The molecule has 18 heavy (non-hydrogen) atoms. The second-order valence-electron chi connectivity index (χ2n) is 4.42. The zero-order chi connectivity index (χ0) is 12.8. The van der Waals surface area contributed by atoms with Crippen molar-refractivity contribution < 1.29 is 0 Å². The summed E-state index contributed by atoms with van der Waals surface area (Å²) in [7, 11) is 0. The maximum Gasteiger partial charge on any atom is 0.0460 e. The summed E-state index contributed by atoms with van der Waals surface area (Å²) in [5.74, 6) is 8.29. The quantitative estimate of drug-likeness (QED) is 0.363. The van der Waals surface area contributed by atoms with Crippen LogP contribution in [0, 0.1) is 12.3 Å². The van der Waals surface area contributed by atoms with E-state index < -0.39 is 0 Å². The number of nitrogens with two attached hydrogens (primary N) is 1. The first kappa shape index (κ1) is 12.6. The van der Waals surface area contributed by atoms with Crippen molar-refractivity contribution in [3.05, 3.63) is 48.0 Å². The van der Waals surface area contributed by atoms with Gasteiger partial charge in [-0.2, -0.15) is 0 Å². The van der Waals surface area contributed by atoms with Gasteiger partial charge in [0.25, 0.3) is 0 Å². The topological polar surface area (TPSA) is 38.0 Å². The third-order valence-corrected chi connectivity index (χ3v) is 3.19. The summed E-state index contributed by atoms with van der Waals surface area (Å²) in [4.78, 5) is 0. The molecule has 0 aliphatic rings. The lowest BCUT2D eigenvalue weighted by molar-refractivity contribution is 0.503. The molecule has 2 heteroatoms. The molecule has 0 aliphatic heterocycles. The van der Waals surface area contributed by atoms with Gasteiger partial charge in [0.1, 0.15) is 0 Å². The number of hydrogen-bond acceptors (Lipinski definition) is 2. The van der Waals surface area contributed by atoms with Crippen LogP contribution in [0.25, 0.3) is 10.8 Å². The lowest BCUT2D eigenvalue weighted by Gasteiger charge is -2.16. The molecule has 0 bridgehead atoms. The first-order valence-corrected chi connectivity index (χ1v) is 6.23. The number of nitrogens with one attached hydrogen (secondary N) is 1. The monoisotopic (exact) mass is 238 g/mol. The van der Waals surface area contributed by atoms with Crippen molar-refractivity contribution >= 4 is 10.8 Å². The second kappa shape index (κ2) is 6.20. The molecule has 1 atom stereocenters. The minimum absolute atomic E-state index is 0.169. The molecule has 2 nitrogen and oxygen atoms in total. The van der Waals surface area contributed by atoms with Crippen LogP contribution >= 0.6 is 0 Å². The van der Waals surface area contributed by atoms with Crippen LogP contribution in [0.4, 0.5) is 0 Å². The SMILES string of the molecule is C#CCCCC(NN)c1ccc2ccccc2c1. The Balaban J connectivity index is 2.20. The fourth-order valence-electron chi connectivity index (χ4n) is 2.18. The van der Waals surface area contributed by atoms with Gasteiger partial charge in [-0.15, -0.1) is 12.3 Å². The van der Waals surface area contributed by atoms with Crippen LogP contribution in [0.5, 0.6) is 0 Å². The van der Waals surface area contributed by atoms with Crippen LogP contribution in [0.1, 0.15) is 30.9 Å². The van der Waals surface area contributed by atoms with Crippen LogP contribution in [0.3, 0.4) is 0 Å². The maximum atomic E-state index is 5.63. The average Bonchev–Trinajstić information content (AvgIpc) is 2.43. The van der Waals surface area contributed by atoms with Gasteiger partial charge in [0.05, 0.1) is 0 Å². The van der Waals surface area contributed by atoms with E-state index >= 15 is 0 Å². The fraction of sp³-hybridized carbons (Fsp3) is 0.250. The van der Waals surface area contributed by atoms with Crippen molar-refractivity contribution in [2.75, 3.05) is 0 Å². The van der Waals surface area contributed by atoms with E-state index in [9.17, 15) is 0 Å². The van der Waals surface area contributed by atoms with Crippen LogP contribution in [-0.2, 0) is 0 Å². The Kier molecular flexibility index (Phi) is 4.35. The highest BCUT2D eigenvalue weighted by molar-refractivity contribution is 5.83. The minimum atomic E-state index is 0.169. The van der Waals surface area contributed by atoms with Crippen LogP contribution in [-0.4, -0.2) is 0 Å². The van der Waals surface area contributed by atoms with Crippen LogP contribution in [0.2, 0.25) is 0 Å². The summed E-state index contributed by atoms with van der Waals surface area (Å²) >= 11 is 0. The summed E-state index contributed by atoms with van der Waals surface area (Å²) in [6, 6.07) is 15.0. The number of fused-ring (bicyclic) bond motifs is 1. The van der Waals surface area contributed by atoms with E-state index in [1.54, 1.807) is 0 Å². The van der Waals surface area contributed by atoms with Gasteiger partial charge >= 0.3 is 0 Å². The van der Waals surface area contributed by atoms with Gasteiger partial charge in [-0.3, -0.25) is 11.3 Å². The van der Waals surface area contributed by atoms with Crippen LogP contribution < -0.4 is 11.3 Å². The van der Waals surface area contributed by atoms with Crippen molar-refractivity contribution in [1.82, 2.24) is 5.43 Å². The van der Waals surface area contributed by atoms with Crippen LogP contribution in [0.15, 0.2) is 42.5 Å². The third-order valence-electron chi connectivity index (χ3n) is 3.19. The molecule has 0 radical (unpaired) electrons. The van der Waals surface area contributed by atoms with Crippen molar-refractivity contribution in [2.45, 2.75) is 25.3 Å². The standard InChI is InChI=1S/C16H18N2/c1-2-3-4-9-16(18-17)15-11-10-13-7-5-6-8-14(13)12-15/h1,5-8,10-12,16,18H,3-4,9,17H2. The second-order valence-corrected chi connectivity index (χ2v) is 4.42. The molecule has 2 aromatic rings. The summed E-state index contributed by atoms with van der Waals surface area (Å²) < 4.78 is 0. The normalized spacial score (nSPS) is 12.2. The number of rotatable bonds is 5. The molecule has 3 N–H and O–H groups in total. The van der Waals surface area contributed by atoms with E-state index in [1.165, 1.54) is 16.3 Å². The number of hydrogen-bond donors (Lipinski definition) is 2. The highest BCUT2D eigenvalue weighted by Crippen LogP contribution is 2.23. The van der Waals surface area contributed by atoms with Gasteiger partial charge in [-0.05, 0) is 35.2 Å². The Hall–Kier alpha value is -1.82. The molecule has 0 spiro atoms. The molecular weight excluding hydrogens is 220 g/mol. The average molecular weight is 238 g/mol. The summed E-state index contributed by atoms with van der Waals surface area (Å²) in [5.41, 5.74) is 4.09. The number of unbranched alkanes of at least 4 members (excludes halogenated alkanes) is 1. The third kappa shape index (κ3) is 2.89. The van der Waals surface area contributed by atoms with Gasteiger partial charge < -0.3 is 0 Å². The summed E-state index contributed by atoms with van der Waals surface area (Å²) in [6.07, 6.45) is 8.01. The molecule has 0 aliphatic carbocycles. The van der Waals surface area contributed by atoms with Gasteiger partial charge in [0.2, 0.25) is 0 Å². The van der Waals surface area contributed by atoms with Gasteiger partial charge in [0, 0.05) is 12.5 Å². The Labute approximate surface area is 108 Å². The Morgan fingerprint density at radius 3 is 2.67 bits per heavy atom. The molecule has 2 aromatic carbocycles. The highest BCUT2D eigenvalue weighted by atomic mass is 15.2. The van der Waals surface area contributed by atoms with E-state index in [2.05, 4.69) is 47.7 Å². The summed E-state index contributed by atoms with van der Waals surface area (Å²) in [6.45, 7) is 0. The zero-order valence-electron chi connectivity index (χ0n) is 10.4. The van der Waals surface area contributed by atoms with Gasteiger partial charge in [0.15, 0.2) is 0 Å². The lowest BCUT2D eigenvalue weighted by Crippen LogP contribution is -2.27. The fourth-order valence-corrected chi connectivity index (χ4v) is 2.18. The molecule has 0 amide bonds. The van der Waals surface area contributed by atoms with E-state index in [4.69, 9.17) is 12.3 Å². The molecule has 0 saturated heterocycles. The number of hydrazine groups is 1. The molecule has 0 aromatic heterocycles. The highest BCUT2D eigenvalue weighted by Gasteiger charge is 2.09. The van der Waals surface area contributed by atoms with E-state index in [0.717, 1.165) is 19.3 Å². The Morgan fingerprint density at radius 2 is 1.94 bits per heavy atom. The molecule has 1 unspecified atom stereocenters. The Bertz CT molecular complexity index is 554. The molecular formula is C16H18N2. The van der Waals surface area contributed by atoms with E-state index in [0.29, 0.717) is 0 Å². The summed E-state index contributed by atoms with van der Waals surface area (Å²) in [5, 5.41) is 2.49. The predicted octanol–water partition coefficient (Wildman–Crippen LogP) is 3.15. The molecule has 2 rings (SSSR count). The first-order chi connectivity index (χ1) is 8.85. The molecule has 0 saturated carbocycles. The lowest BCUT2D eigenvalue weighted by atomic mass is 9.98. The number of benzene rings is 2.